The molecule has 0 saturated heterocycles. The van der Waals surface area contributed by atoms with Crippen LogP contribution in [0.3, 0.4) is 0 Å². The summed E-state index contributed by atoms with van der Waals surface area (Å²) >= 11 is 0. The van der Waals surface area contributed by atoms with E-state index in [4.69, 9.17) is 15.9 Å². The lowest BCUT2D eigenvalue weighted by molar-refractivity contribution is 0.424. The first-order chi connectivity index (χ1) is 9.63. The Morgan fingerprint density at radius 3 is 2.85 bits per heavy atom. The molecule has 100 valence electrons. The largest absolute Gasteiger partial charge is 0.404 e. The fourth-order valence-corrected chi connectivity index (χ4v) is 1.89. The molecule has 2 heterocycles. The fraction of sp³-hybridized carbons (Fsp3) is 0.0769. The van der Waals surface area contributed by atoms with Gasteiger partial charge in [-0.15, -0.1) is 5.10 Å². The maximum Gasteiger partial charge on any atom is 0.342 e. The Morgan fingerprint density at radius 2 is 2.15 bits per heavy atom. The quantitative estimate of drug-likeness (QED) is 0.552. The van der Waals surface area contributed by atoms with E-state index < -0.39 is 0 Å². The first kappa shape index (κ1) is 12.1. The third-order valence-corrected chi connectivity index (χ3v) is 2.76. The van der Waals surface area contributed by atoms with Gasteiger partial charge in [0.05, 0.1) is 5.52 Å². The molecule has 0 aliphatic heterocycles. The average molecular weight is 268 g/mol. The summed E-state index contributed by atoms with van der Waals surface area (Å²) in [6, 6.07) is 9.24. The number of aromatic nitrogens is 4. The van der Waals surface area contributed by atoms with Crippen LogP contribution in [-0.2, 0) is 7.05 Å². The molecule has 3 rings (SSSR count). The minimum absolute atomic E-state index is 0.0394. The number of benzene rings is 1. The van der Waals surface area contributed by atoms with Crippen molar-refractivity contribution in [3.05, 3.63) is 42.2 Å². The molecule has 0 unspecified atom stereocenters. The number of hydrogen-bond acceptors (Lipinski definition) is 5. The van der Waals surface area contributed by atoms with Gasteiger partial charge >= 0.3 is 6.01 Å². The molecule has 0 bridgehead atoms. The van der Waals surface area contributed by atoms with Crippen molar-refractivity contribution in [3.8, 4) is 11.9 Å². The zero-order chi connectivity index (χ0) is 14.1. The lowest BCUT2D eigenvalue weighted by Crippen LogP contribution is -2.12. The standard InChI is InChI=1S/C13H12N6O/c1-19-7-16-13(18-19)20-11-6-9(12(14)15)8-4-2-3-5-10(8)17-11/h2-7H,1H3,(H3,14,15). The number of para-hydroxylation sites is 1. The van der Waals surface area contributed by atoms with Gasteiger partial charge in [-0.05, 0) is 6.07 Å². The van der Waals surface area contributed by atoms with E-state index >= 15 is 0 Å². The molecule has 2 aromatic heterocycles. The third kappa shape index (κ3) is 2.16. The second-order valence-electron chi connectivity index (χ2n) is 4.24. The van der Waals surface area contributed by atoms with Crippen molar-refractivity contribution in [2.45, 2.75) is 0 Å². The van der Waals surface area contributed by atoms with Gasteiger partial charge in [0, 0.05) is 24.1 Å². The fourth-order valence-electron chi connectivity index (χ4n) is 1.89. The van der Waals surface area contributed by atoms with E-state index in [1.807, 2.05) is 24.3 Å². The van der Waals surface area contributed by atoms with Crippen LogP contribution in [-0.4, -0.2) is 25.6 Å². The zero-order valence-electron chi connectivity index (χ0n) is 10.7. The summed E-state index contributed by atoms with van der Waals surface area (Å²) in [6.45, 7) is 0. The summed E-state index contributed by atoms with van der Waals surface area (Å²) in [6.07, 6.45) is 1.53. The zero-order valence-corrected chi connectivity index (χ0v) is 10.7. The lowest BCUT2D eigenvalue weighted by atomic mass is 10.1. The van der Waals surface area contributed by atoms with Crippen molar-refractivity contribution in [2.24, 2.45) is 12.8 Å². The molecule has 7 heteroatoms. The maximum absolute atomic E-state index is 7.66. The Balaban J connectivity index is 2.10. The summed E-state index contributed by atoms with van der Waals surface area (Å²) in [5, 5.41) is 12.5. The number of rotatable bonds is 3. The van der Waals surface area contributed by atoms with Gasteiger partial charge in [-0.25, -0.2) is 4.98 Å². The number of nitrogens with two attached hydrogens (primary N) is 1. The summed E-state index contributed by atoms with van der Waals surface area (Å²) in [4.78, 5) is 8.33. The van der Waals surface area contributed by atoms with Gasteiger partial charge in [-0.2, -0.15) is 4.98 Å². The number of nitrogen functional groups attached to an aromatic ring is 1. The SMILES string of the molecule is Cn1cnc(Oc2cc(C(=N)N)c3ccccc3n2)n1. The van der Waals surface area contributed by atoms with Crippen LogP contribution in [0.4, 0.5) is 0 Å². The summed E-state index contributed by atoms with van der Waals surface area (Å²) in [5.74, 6) is 0.266. The van der Waals surface area contributed by atoms with E-state index in [1.54, 1.807) is 13.1 Å². The third-order valence-electron chi connectivity index (χ3n) is 2.76. The molecule has 0 radical (unpaired) electrons. The summed E-state index contributed by atoms with van der Waals surface area (Å²) < 4.78 is 7.02. The molecule has 0 spiro atoms. The highest BCUT2D eigenvalue weighted by molar-refractivity contribution is 6.06. The summed E-state index contributed by atoms with van der Waals surface area (Å²) in [7, 11) is 1.74. The number of aryl methyl sites for hydroxylation is 1. The van der Waals surface area contributed by atoms with Crippen LogP contribution >= 0.6 is 0 Å². The van der Waals surface area contributed by atoms with Crippen LogP contribution in [0.5, 0.6) is 11.9 Å². The number of nitrogens with zero attached hydrogens (tertiary/aromatic N) is 4. The average Bonchev–Trinajstić information content (AvgIpc) is 2.83. The van der Waals surface area contributed by atoms with E-state index in [0.29, 0.717) is 17.0 Å². The van der Waals surface area contributed by atoms with Crippen LogP contribution in [0.1, 0.15) is 5.56 Å². The lowest BCUT2D eigenvalue weighted by Gasteiger charge is -2.07. The molecule has 0 aliphatic carbocycles. The van der Waals surface area contributed by atoms with Crippen LogP contribution in [0.15, 0.2) is 36.7 Å². The highest BCUT2D eigenvalue weighted by Gasteiger charge is 2.10. The molecule has 20 heavy (non-hydrogen) atoms. The molecule has 0 amide bonds. The van der Waals surface area contributed by atoms with E-state index in [1.165, 1.54) is 11.0 Å². The molecule has 3 N–H and O–H groups in total. The number of amidine groups is 1. The minimum Gasteiger partial charge on any atom is -0.404 e. The normalized spacial score (nSPS) is 10.7. The number of hydrogen-bond donors (Lipinski definition) is 2. The van der Waals surface area contributed by atoms with Crippen molar-refractivity contribution >= 4 is 16.7 Å². The molecule has 3 aromatic rings. The van der Waals surface area contributed by atoms with E-state index in [-0.39, 0.29) is 11.8 Å². The van der Waals surface area contributed by atoms with Crippen molar-refractivity contribution in [3.63, 3.8) is 0 Å². The molecular weight excluding hydrogens is 256 g/mol. The molecule has 0 fully saturated rings. The van der Waals surface area contributed by atoms with Crippen molar-refractivity contribution in [1.82, 2.24) is 19.7 Å². The number of nitrogens with one attached hydrogen (secondary N) is 1. The van der Waals surface area contributed by atoms with Gasteiger partial charge in [-0.3, -0.25) is 10.1 Å². The molecule has 0 saturated carbocycles. The topological polar surface area (TPSA) is 103 Å². The highest BCUT2D eigenvalue weighted by Crippen LogP contribution is 2.23. The van der Waals surface area contributed by atoms with Crippen LogP contribution in [0.2, 0.25) is 0 Å². The highest BCUT2D eigenvalue weighted by atomic mass is 16.5. The Hall–Kier alpha value is -2.96. The number of pyridine rings is 1. The van der Waals surface area contributed by atoms with Gasteiger partial charge in [-0.1, -0.05) is 18.2 Å². The Kier molecular flexibility index (Phi) is 2.79. The van der Waals surface area contributed by atoms with Crippen LogP contribution < -0.4 is 10.5 Å². The van der Waals surface area contributed by atoms with E-state index in [0.717, 1.165) is 5.39 Å². The molecule has 7 nitrogen and oxygen atoms in total. The van der Waals surface area contributed by atoms with E-state index in [2.05, 4.69) is 15.1 Å². The smallest absolute Gasteiger partial charge is 0.342 e. The Bertz CT molecular complexity index is 794. The second kappa shape index (κ2) is 4.61. The minimum atomic E-state index is -0.0394. The van der Waals surface area contributed by atoms with Gasteiger partial charge < -0.3 is 10.5 Å². The van der Waals surface area contributed by atoms with Crippen LogP contribution in [0, 0.1) is 5.41 Å². The van der Waals surface area contributed by atoms with Gasteiger partial charge in [0.2, 0.25) is 5.88 Å². The van der Waals surface area contributed by atoms with E-state index in [9.17, 15) is 0 Å². The Labute approximate surface area is 114 Å². The first-order valence-electron chi connectivity index (χ1n) is 5.91. The number of ether oxygens (including phenoxy) is 1. The van der Waals surface area contributed by atoms with Crippen LogP contribution in [0.25, 0.3) is 10.9 Å². The maximum atomic E-state index is 7.66. The van der Waals surface area contributed by atoms with Gasteiger partial charge in [0.15, 0.2) is 0 Å². The van der Waals surface area contributed by atoms with Crippen molar-refractivity contribution in [1.29, 1.82) is 5.41 Å². The second-order valence-corrected chi connectivity index (χ2v) is 4.24. The Morgan fingerprint density at radius 1 is 1.35 bits per heavy atom. The molecule has 1 aromatic carbocycles. The monoisotopic (exact) mass is 268 g/mol. The predicted octanol–water partition coefficient (Wildman–Crippen LogP) is 1.44. The predicted molar refractivity (Wildman–Crippen MR) is 73.8 cm³/mol. The number of fused-ring (bicyclic) bond motifs is 1. The van der Waals surface area contributed by atoms with Gasteiger partial charge in [0.1, 0.15) is 12.2 Å². The van der Waals surface area contributed by atoms with Crippen molar-refractivity contribution in [2.75, 3.05) is 0 Å². The molecule has 0 aliphatic rings. The summed E-state index contributed by atoms with van der Waals surface area (Å²) in [5.41, 5.74) is 6.88. The van der Waals surface area contributed by atoms with Gasteiger partial charge in [0.25, 0.3) is 0 Å². The first-order valence-corrected chi connectivity index (χ1v) is 5.91. The molecule has 0 atom stereocenters. The molecular formula is C13H12N6O. The van der Waals surface area contributed by atoms with Crippen molar-refractivity contribution < 1.29 is 4.74 Å².